The van der Waals surface area contributed by atoms with E-state index in [0.717, 1.165) is 11.3 Å². The van der Waals surface area contributed by atoms with Gasteiger partial charge in [-0.2, -0.15) is 0 Å². The van der Waals surface area contributed by atoms with Crippen molar-refractivity contribution < 1.29 is 14.3 Å². The Labute approximate surface area is 119 Å². The van der Waals surface area contributed by atoms with Crippen LogP contribution in [0.5, 0.6) is 5.75 Å². The molecule has 1 saturated heterocycles. The molecule has 2 rings (SSSR count). The van der Waals surface area contributed by atoms with Crippen LogP contribution in [0, 0.1) is 13.8 Å². The van der Waals surface area contributed by atoms with Crippen LogP contribution >= 0.6 is 12.4 Å². The Balaban J connectivity index is 0.00000180. The molecule has 0 saturated carbocycles. The number of benzene rings is 1. The summed E-state index contributed by atoms with van der Waals surface area (Å²) >= 11 is 0. The van der Waals surface area contributed by atoms with E-state index in [1.54, 1.807) is 0 Å². The Hall–Kier alpha value is -1.26. The van der Waals surface area contributed by atoms with Crippen molar-refractivity contribution in [2.24, 2.45) is 0 Å². The summed E-state index contributed by atoms with van der Waals surface area (Å²) in [5.74, 6) is 0.675. The standard InChI is InChI=1S/C14H19NO3.ClH/c1-9-5-4-6-13(10(9)2)18-11-7-12(15-8-11)14(16)17-3;/h4-6,11-12,15H,7-8H2,1-3H3;1H. The Morgan fingerprint density at radius 1 is 1.37 bits per heavy atom. The van der Waals surface area contributed by atoms with Gasteiger partial charge in [-0.3, -0.25) is 4.79 Å². The van der Waals surface area contributed by atoms with E-state index in [4.69, 9.17) is 9.47 Å². The van der Waals surface area contributed by atoms with Gasteiger partial charge >= 0.3 is 5.97 Å². The Kier molecular flexibility index (Phi) is 5.63. The van der Waals surface area contributed by atoms with Crippen LogP contribution in [0.4, 0.5) is 0 Å². The van der Waals surface area contributed by atoms with E-state index < -0.39 is 0 Å². The molecule has 0 bridgehead atoms. The predicted molar refractivity (Wildman–Crippen MR) is 76.0 cm³/mol. The number of aryl methyl sites for hydroxylation is 1. The molecule has 0 aromatic heterocycles. The minimum Gasteiger partial charge on any atom is -0.489 e. The highest BCUT2D eigenvalue weighted by molar-refractivity contribution is 5.85. The number of rotatable bonds is 3. The summed E-state index contributed by atoms with van der Waals surface area (Å²) in [4.78, 5) is 11.4. The third kappa shape index (κ3) is 3.61. The molecule has 2 atom stereocenters. The molecule has 4 nitrogen and oxygen atoms in total. The second-order valence-electron chi connectivity index (χ2n) is 4.66. The summed E-state index contributed by atoms with van der Waals surface area (Å²) in [5, 5.41) is 3.11. The van der Waals surface area contributed by atoms with Gasteiger partial charge in [0.15, 0.2) is 0 Å². The number of carbonyl (C=O) groups is 1. The average molecular weight is 286 g/mol. The topological polar surface area (TPSA) is 47.6 Å². The van der Waals surface area contributed by atoms with E-state index in [1.807, 2.05) is 19.1 Å². The number of halogens is 1. The predicted octanol–water partition coefficient (Wildman–Crippen LogP) is 2.01. The maximum absolute atomic E-state index is 11.4. The highest BCUT2D eigenvalue weighted by Gasteiger charge is 2.31. The molecule has 0 spiro atoms. The van der Waals surface area contributed by atoms with Crippen LogP contribution in [0.3, 0.4) is 0 Å². The molecule has 1 fully saturated rings. The van der Waals surface area contributed by atoms with Gasteiger partial charge in [0, 0.05) is 13.0 Å². The summed E-state index contributed by atoms with van der Waals surface area (Å²) in [7, 11) is 1.41. The van der Waals surface area contributed by atoms with E-state index in [1.165, 1.54) is 12.7 Å². The van der Waals surface area contributed by atoms with Gasteiger partial charge in [-0.05, 0) is 31.0 Å². The first kappa shape index (κ1) is 15.8. The first-order valence-electron chi connectivity index (χ1n) is 6.16. The van der Waals surface area contributed by atoms with Gasteiger partial charge in [0.2, 0.25) is 0 Å². The van der Waals surface area contributed by atoms with Crippen molar-refractivity contribution in [2.75, 3.05) is 13.7 Å². The van der Waals surface area contributed by atoms with Crippen LogP contribution in [0.1, 0.15) is 17.5 Å². The molecule has 1 heterocycles. The molecule has 1 aromatic rings. The number of nitrogens with one attached hydrogen (secondary N) is 1. The van der Waals surface area contributed by atoms with Crippen molar-refractivity contribution in [3.05, 3.63) is 29.3 Å². The summed E-state index contributed by atoms with van der Waals surface area (Å²) in [6, 6.07) is 5.77. The fourth-order valence-electron chi connectivity index (χ4n) is 2.15. The molecule has 1 aliphatic heterocycles. The van der Waals surface area contributed by atoms with Gasteiger partial charge in [-0.1, -0.05) is 12.1 Å². The molecule has 106 valence electrons. The summed E-state index contributed by atoms with van der Waals surface area (Å²) < 4.78 is 10.7. The molecule has 1 N–H and O–H groups in total. The van der Waals surface area contributed by atoms with Crippen LogP contribution < -0.4 is 10.1 Å². The van der Waals surface area contributed by atoms with Crippen LogP contribution in [0.25, 0.3) is 0 Å². The third-order valence-corrected chi connectivity index (χ3v) is 3.42. The van der Waals surface area contributed by atoms with Crippen LogP contribution in [-0.4, -0.2) is 31.8 Å². The minimum absolute atomic E-state index is 0. The van der Waals surface area contributed by atoms with Crippen LogP contribution in [0.2, 0.25) is 0 Å². The second kappa shape index (κ2) is 6.78. The van der Waals surface area contributed by atoms with Gasteiger partial charge < -0.3 is 14.8 Å². The summed E-state index contributed by atoms with van der Waals surface area (Å²) in [6.45, 7) is 4.78. The number of methoxy groups -OCH3 is 1. The van der Waals surface area contributed by atoms with E-state index >= 15 is 0 Å². The lowest BCUT2D eigenvalue weighted by Crippen LogP contribution is -2.31. The molecule has 1 aromatic carbocycles. The monoisotopic (exact) mass is 285 g/mol. The second-order valence-corrected chi connectivity index (χ2v) is 4.66. The zero-order valence-corrected chi connectivity index (χ0v) is 12.3. The van der Waals surface area contributed by atoms with E-state index in [2.05, 4.69) is 18.3 Å². The molecule has 19 heavy (non-hydrogen) atoms. The molecule has 5 heteroatoms. The molecule has 1 aliphatic rings. The van der Waals surface area contributed by atoms with Crippen molar-refractivity contribution >= 4 is 18.4 Å². The lowest BCUT2D eigenvalue weighted by Gasteiger charge is -2.15. The van der Waals surface area contributed by atoms with E-state index in [0.29, 0.717) is 13.0 Å². The lowest BCUT2D eigenvalue weighted by atomic mass is 10.1. The van der Waals surface area contributed by atoms with Crippen molar-refractivity contribution in [1.29, 1.82) is 0 Å². The Morgan fingerprint density at radius 3 is 2.79 bits per heavy atom. The highest BCUT2D eigenvalue weighted by atomic mass is 35.5. The lowest BCUT2D eigenvalue weighted by molar-refractivity contribution is -0.142. The molecular formula is C14H20ClNO3. The maximum Gasteiger partial charge on any atom is 0.323 e. The first-order valence-corrected chi connectivity index (χ1v) is 6.16. The fourth-order valence-corrected chi connectivity index (χ4v) is 2.15. The zero-order valence-electron chi connectivity index (χ0n) is 11.4. The SMILES string of the molecule is COC(=O)C1CC(Oc2cccc(C)c2C)CN1.Cl. The number of carbonyl (C=O) groups excluding carboxylic acids is 1. The molecule has 2 unspecified atom stereocenters. The number of hydrogen-bond donors (Lipinski definition) is 1. The first-order chi connectivity index (χ1) is 8.61. The van der Waals surface area contributed by atoms with Crippen molar-refractivity contribution in [3.63, 3.8) is 0 Å². The Bertz CT molecular complexity index is 450. The Morgan fingerprint density at radius 2 is 2.11 bits per heavy atom. The quantitative estimate of drug-likeness (QED) is 0.863. The van der Waals surface area contributed by atoms with Crippen molar-refractivity contribution in [3.8, 4) is 5.75 Å². The molecule has 0 radical (unpaired) electrons. The van der Waals surface area contributed by atoms with Gasteiger partial charge in [0.05, 0.1) is 7.11 Å². The maximum atomic E-state index is 11.4. The molecule has 0 aliphatic carbocycles. The summed E-state index contributed by atoms with van der Waals surface area (Å²) in [6.07, 6.45) is 0.676. The number of esters is 1. The fraction of sp³-hybridized carbons (Fsp3) is 0.500. The minimum atomic E-state index is -0.245. The van der Waals surface area contributed by atoms with Gasteiger partial charge in [-0.25, -0.2) is 0 Å². The van der Waals surface area contributed by atoms with Gasteiger partial charge in [-0.15, -0.1) is 12.4 Å². The normalized spacial score (nSPS) is 21.6. The van der Waals surface area contributed by atoms with Gasteiger partial charge in [0.1, 0.15) is 17.9 Å². The zero-order chi connectivity index (χ0) is 13.1. The number of ether oxygens (including phenoxy) is 2. The highest BCUT2D eigenvalue weighted by Crippen LogP contribution is 2.24. The van der Waals surface area contributed by atoms with Gasteiger partial charge in [0.25, 0.3) is 0 Å². The largest absolute Gasteiger partial charge is 0.489 e. The van der Waals surface area contributed by atoms with Crippen molar-refractivity contribution in [1.82, 2.24) is 5.32 Å². The van der Waals surface area contributed by atoms with Crippen LogP contribution in [-0.2, 0) is 9.53 Å². The van der Waals surface area contributed by atoms with Crippen LogP contribution in [0.15, 0.2) is 18.2 Å². The smallest absolute Gasteiger partial charge is 0.323 e. The molecule has 0 amide bonds. The average Bonchev–Trinajstić information content (AvgIpc) is 2.82. The van der Waals surface area contributed by atoms with Crippen molar-refractivity contribution in [2.45, 2.75) is 32.4 Å². The summed E-state index contributed by atoms with van der Waals surface area (Å²) in [5.41, 5.74) is 2.36. The van der Waals surface area contributed by atoms with E-state index in [9.17, 15) is 4.79 Å². The molecular weight excluding hydrogens is 266 g/mol. The van der Waals surface area contributed by atoms with E-state index in [-0.39, 0.29) is 30.5 Å². The number of hydrogen-bond acceptors (Lipinski definition) is 4. The third-order valence-electron chi connectivity index (χ3n) is 3.42.